The average Bonchev–Trinajstić information content (AvgIpc) is 2.69. The minimum absolute atomic E-state index is 0.624. The molecule has 0 atom stereocenters. The monoisotopic (exact) mass is 239 g/mol. The number of nitrogen functional groups attached to an aromatic ring is 1. The molecule has 0 spiro atoms. The second-order valence-corrected chi connectivity index (χ2v) is 4.08. The first-order valence-corrected chi connectivity index (χ1v) is 5.45. The summed E-state index contributed by atoms with van der Waals surface area (Å²) in [7, 11) is 1.84. The molecule has 0 saturated carbocycles. The lowest BCUT2D eigenvalue weighted by atomic mass is 10.3. The number of rotatable bonds is 2. The Balaban J connectivity index is 2.59. The zero-order valence-electron chi connectivity index (χ0n) is 9.53. The summed E-state index contributed by atoms with van der Waals surface area (Å²) in [4.78, 5) is 0. The maximum absolute atomic E-state index is 6.02. The van der Waals surface area contributed by atoms with Crippen LogP contribution in [0.3, 0.4) is 0 Å². The predicted molar refractivity (Wildman–Crippen MR) is 63.9 cm³/mol. The highest BCUT2D eigenvalue weighted by Crippen LogP contribution is 2.23. The minimum Gasteiger partial charge on any atom is -0.394 e. The lowest BCUT2D eigenvalue weighted by molar-refractivity contribution is 0.687. The van der Waals surface area contributed by atoms with Crippen molar-refractivity contribution in [2.24, 2.45) is 7.05 Å². The van der Waals surface area contributed by atoms with E-state index in [0.717, 1.165) is 23.6 Å². The Morgan fingerprint density at radius 2 is 2.12 bits per heavy atom. The van der Waals surface area contributed by atoms with Crippen LogP contribution in [0.2, 0.25) is 5.02 Å². The van der Waals surface area contributed by atoms with Gasteiger partial charge < -0.3 is 5.73 Å². The number of halogens is 1. The number of hydrogen-bond donors (Lipinski definition) is 1. The number of nitrogens with zero attached hydrogens (tertiary/aromatic N) is 4. The molecule has 2 aromatic heterocycles. The van der Waals surface area contributed by atoms with Gasteiger partial charge in [0.2, 0.25) is 0 Å². The molecule has 2 aromatic rings. The largest absolute Gasteiger partial charge is 0.394 e. The van der Waals surface area contributed by atoms with Gasteiger partial charge in [0.15, 0.2) is 5.82 Å². The Kier molecular flexibility index (Phi) is 2.63. The van der Waals surface area contributed by atoms with Crippen molar-refractivity contribution in [1.29, 1.82) is 0 Å². The lowest BCUT2D eigenvalue weighted by Crippen LogP contribution is -2.05. The van der Waals surface area contributed by atoms with Crippen molar-refractivity contribution in [3.05, 3.63) is 22.6 Å². The maximum Gasteiger partial charge on any atom is 0.175 e. The topological polar surface area (TPSA) is 61.7 Å². The third-order valence-corrected chi connectivity index (χ3v) is 2.89. The van der Waals surface area contributed by atoms with E-state index in [-0.39, 0.29) is 0 Å². The summed E-state index contributed by atoms with van der Waals surface area (Å²) in [6.07, 6.45) is 2.54. The van der Waals surface area contributed by atoms with Gasteiger partial charge >= 0.3 is 0 Å². The number of anilines is 1. The van der Waals surface area contributed by atoms with Crippen LogP contribution >= 0.6 is 11.6 Å². The first-order chi connectivity index (χ1) is 7.54. The molecule has 0 bridgehead atoms. The average molecular weight is 240 g/mol. The van der Waals surface area contributed by atoms with Crippen LogP contribution in [0.1, 0.15) is 18.3 Å². The molecule has 0 aliphatic rings. The highest BCUT2D eigenvalue weighted by atomic mass is 35.5. The number of aryl methyl sites for hydroxylation is 3. The van der Waals surface area contributed by atoms with E-state index >= 15 is 0 Å². The molecule has 0 unspecified atom stereocenters. The van der Waals surface area contributed by atoms with Gasteiger partial charge in [-0.1, -0.05) is 18.5 Å². The van der Waals surface area contributed by atoms with Crippen LogP contribution in [0.5, 0.6) is 0 Å². The molecule has 0 fully saturated rings. The molecule has 0 aliphatic heterocycles. The van der Waals surface area contributed by atoms with E-state index in [9.17, 15) is 0 Å². The molecular weight excluding hydrogens is 226 g/mol. The SMILES string of the molecule is CCc1nn(C)c(-n2cc(Cl)c(C)n2)c1N. The van der Waals surface area contributed by atoms with Gasteiger partial charge in [-0.3, -0.25) is 0 Å². The third-order valence-electron chi connectivity index (χ3n) is 2.52. The molecule has 0 amide bonds. The standard InChI is InChI=1S/C10H14ClN5/c1-4-8-9(12)10(15(3)14-8)16-5-7(11)6(2)13-16/h5H,4,12H2,1-3H3. The van der Waals surface area contributed by atoms with Crippen LogP contribution in [-0.4, -0.2) is 19.6 Å². The van der Waals surface area contributed by atoms with Gasteiger partial charge in [-0.25, -0.2) is 9.36 Å². The van der Waals surface area contributed by atoms with E-state index in [0.29, 0.717) is 10.7 Å². The van der Waals surface area contributed by atoms with E-state index in [1.54, 1.807) is 15.6 Å². The molecule has 0 aliphatic carbocycles. The molecule has 0 radical (unpaired) electrons. The fraction of sp³-hybridized carbons (Fsp3) is 0.400. The predicted octanol–water partition coefficient (Wildman–Crippen LogP) is 1.71. The van der Waals surface area contributed by atoms with Crippen LogP contribution in [0.15, 0.2) is 6.20 Å². The molecule has 6 heteroatoms. The first kappa shape index (κ1) is 11.0. The summed E-state index contributed by atoms with van der Waals surface area (Å²) in [5.41, 5.74) is 8.33. The van der Waals surface area contributed by atoms with Crippen molar-refractivity contribution in [1.82, 2.24) is 19.6 Å². The van der Waals surface area contributed by atoms with Crippen LogP contribution in [0.4, 0.5) is 5.69 Å². The Morgan fingerprint density at radius 1 is 1.44 bits per heavy atom. The molecule has 0 saturated heterocycles. The van der Waals surface area contributed by atoms with Crippen LogP contribution < -0.4 is 5.73 Å². The second kappa shape index (κ2) is 3.83. The van der Waals surface area contributed by atoms with Gasteiger partial charge in [-0.2, -0.15) is 10.2 Å². The minimum atomic E-state index is 0.624. The summed E-state index contributed by atoms with van der Waals surface area (Å²) in [5.74, 6) is 0.756. The van der Waals surface area contributed by atoms with Crippen molar-refractivity contribution in [2.75, 3.05) is 5.73 Å². The van der Waals surface area contributed by atoms with E-state index in [1.807, 2.05) is 20.9 Å². The highest BCUT2D eigenvalue weighted by molar-refractivity contribution is 6.31. The van der Waals surface area contributed by atoms with Crippen molar-refractivity contribution in [3.8, 4) is 5.82 Å². The molecule has 16 heavy (non-hydrogen) atoms. The fourth-order valence-corrected chi connectivity index (χ4v) is 1.80. The zero-order chi connectivity index (χ0) is 11.9. The number of nitrogens with two attached hydrogens (primary N) is 1. The molecule has 5 nitrogen and oxygen atoms in total. The van der Waals surface area contributed by atoms with E-state index < -0.39 is 0 Å². The Morgan fingerprint density at radius 3 is 2.56 bits per heavy atom. The van der Waals surface area contributed by atoms with E-state index in [1.165, 1.54) is 0 Å². The fourth-order valence-electron chi connectivity index (χ4n) is 1.67. The van der Waals surface area contributed by atoms with Gasteiger partial charge in [0.05, 0.1) is 22.6 Å². The lowest BCUT2D eigenvalue weighted by Gasteiger charge is -2.02. The summed E-state index contributed by atoms with van der Waals surface area (Å²) in [6.45, 7) is 3.87. The third kappa shape index (κ3) is 1.57. The summed E-state index contributed by atoms with van der Waals surface area (Å²) in [5, 5.41) is 9.25. The van der Waals surface area contributed by atoms with Gasteiger partial charge in [-0.05, 0) is 13.3 Å². The Hall–Kier alpha value is -1.49. The van der Waals surface area contributed by atoms with Crippen LogP contribution in [0, 0.1) is 6.92 Å². The molecule has 86 valence electrons. The van der Waals surface area contributed by atoms with Crippen LogP contribution in [0.25, 0.3) is 5.82 Å². The van der Waals surface area contributed by atoms with Crippen molar-refractivity contribution < 1.29 is 0 Å². The molecular formula is C10H14ClN5. The molecule has 2 N–H and O–H groups in total. The second-order valence-electron chi connectivity index (χ2n) is 3.67. The maximum atomic E-state index is 6.02. The van der Waals surface area contributed by atoms with Gasteiger partial charge in [0.1, 0.15) is 5.69 Å². The van der Waals surface area contributed by atoms with Crippen molar-refractivity contribution in [2.45, 2.75) is 20.3 Å². The smallest absolute Gasteiger partial charge is 0.175 e. The van der Waals surface area contributed by atoms with Crippen molar-refractivity contribution in [3.63, 3.8) is 0 Å². The van der Waals surface area contributed by atoms with Crippen LogP contribution in [-0.2, 0) is 13.5 Å². The first-order valence-electron chi connectivity index (χ1n) is 5.08. The highest BCUT2D eigenvalue weighted by Gasteiger charge is 2.15. The van der Waals surface area contributed by atoms with Crippen molar-refractivity contribution >= 4 is 17.3 Å². The summed E-state index contributed by atoms with van der Waals surface area (Å²) >= 11 is 5.97. The Bertz CT molecular complexity index is 506. The molecule has 0 aromatic carbocycles. The van der Waals surface area contributed by atoms with E-state index in [4.69, 9.17) is 17.3 Å². The summed E-state index contributed by atoms with van der Waals surface area (Å²) in [6, 6.07) is 0. The Labute approximate surface area is 98.8 Å². The summed E-state index contributed by atoms with van der Waals surface area (Å²) < 4.78 is 3.39. The number of aromatic nitrogens is 4. The van der Waals surface area contributed by atoms with Gasteiger partial charge in [-0.15, -0.1) is 0 Å². The quantitative estimate of drug-likeness (QED) is 0.868. The molecule has 2 rings (SSSR count). The van der Waals surface area contributed by atoms with E-state index in [2.05, 4.69) is 10.2 Å². The molecule has 2 heterocycles. The van der Waals surface area contributed by atoms with Gasteiger partial charge in [0, 0.05) is 7.05 Å². The van der Waals surface area contributed by atoms with Gasteiger partial charge in [0.25, 0.3) is 0 Å². The number of hydrogen-bond acceptors (Lipinski definition) is 3. The zero-order valence-corrected chi connectivity index (χ0v) is 10.3. The normalized spacial score (nSPS) is 11.0.